The number of hydrogen-bond donors (Lipinski definition) is 2. The van der Waals surface area contributed by atoms with Gasteiger partial charge in [-0.1, -0.05) is 0 Å². The molecule has 1 heterocycles. The maximum Gasteiger partial charge on any atom is 0.239 e. The fraction of sp³-hybridized carbons (Fsp3) is 0.667. The average Bonchev–Trinajstić information content (AvgIpc) is 2.33. The van der Waals surface area contributed by atoms with Gasteiger partial charge in [-0.05, 0) is 53.4 Å². The van der Waals surface area contributed by atoms with Gasteiger partial charge in [-0.25, -0.2) is 9.97 Å². The first kappa shape index (κ1) is 14.8. The lowest BCUT2D eigenvalue weighted by atomic mass is 9.96. The summed E-state index contributed by atoms with van der Waals surface area (Å²) >= 11 is 0. The van der Waals surface area contributed by atoms with Gasteiger partial charge in [0.1, 0.15) is 11.6 Å². The fourth-order valence-electron chi connectivity index (χ4n) is 2.49. The van der Waals surface area contributed by atoms with Crippen LogP contribution in [0.25, 0.3) is 0 Å². The van der Waals surface area contributed by atoms with Crippen LogP contribution in [0.2, 0.25) is 0 Å². The number of rotatable bonds is 3. The molecule has 0 aliphatic heterocycles. The standard InChI is InChI=1S/C15H24N4O/c1-10-17-12-8-6-5-7-11(12)14(18-10)16-9-13(20)19-15(2,3)4/h5-9H2,1-4H3,(H,19,20)(H,16,17,18). The molecule has 1 aromatic heterocycles. The highest BCUT2D eigenvalue weighted by molar-refractivity contribution is 5.81. The maximum atomic E-state index is 11.9. The third kappa shape index (κ3) is 3.92. The quantitative estimate of drug-likeness (QED) is 0.886. The summed E-state index contributed by atoms with van der Waals surface area (Å²) < 4.78 is 0. The van der Waals surface area contributed by atoms with E-state index in [9.17, 15) is 4.79 Å². The molecule has 1 amide bonds. The van der Waals surface area contributed by atoms with Crippen molar-refractivity contribution >= 4 is 11.7 Å². The summed E-state index contributed by atoms with van der Waals surface area (Å²) in [4.78, 5) is 20.8. The van der Waals surface area contributed by atoms with Crippen molar-refractivity contribution in [2.75, 3.05) is 11.9 Å². The largest absolute Gasteiger partial charge is 0.361 e. The molecule has 20 heavy (non-hydrogen) atoms. The molecule has 2 rings (SSSR count). The summed E-state index contributed by atoms with van der Waals surface area (Å²) in [6.45, 7) is 8.07. The molecule has 0 spiro atoms. The van der Waals surface area contributed by atoms with Crippen LogP contribution in [0, 0.1) is 6.92 Å². The molecule has 0 bridgehead atoms. The predicted molar refractivity (Wildman–Crippen MR) is 79.8 cm³/mol. The topological polar surface area (TPSA) is 66.9 Å². The van der Waals surface area contributed by atoms with Gasteiger partial charge in [0, 0.05) is 16.8 Å². The van der Waals surface area contributed by atoms with Gasteiger partial charge < -0.3 is 10.6 Å². The zero-order valence-electron chi connectivity index (χ0n) is 12.8. The smallest absolute Gasteiger partial charge is 0.239 e. The third-order valence-electron chi connectivity index (χ3n) is 3.23. The van der Waals surface area contributed by atoms with Crippen molar-refractivity contribution in [3.63, 3.8) is 0 Å². The Morgan fingerprint density at radius 3 is 2.60 bits per heavy atom. The summed E-state index contributed by atoms with van der Waals surface area (Å²) in [5.41, 5.74) is 2.12. The zero-order chi connectivity index (χ0) is 14.8. The molecule has 0 aromatic carbocycles. The van der Waals surface area contributed by atoms with Gasteiger partial charge in [0.25, 0.3) is 0 Å². The van der Waals surface area contributed by atoms with E-state index in [2.05, 4.69) is 20.6 Å². The van der Waals surface area contributed by atoms with Gasteiger partial charge in [-0.2, -0.15) is 0 Å². The Bertz CT molecular complexity index is 505. The van der Waals surface area contributed by atoms with Gasteiger partial charge in [0.05, 0.1) is 6.54 Å². The van der Waals surface area contributed by atoms with Crippen molar-refractivity contribution in [3.05, 3.63) is 17.1 Å². The summed E-state index contributed by atoms with van der Waals surface area (Å²) in [7, 11) is 0. The SMILES string of the molecule is Cc1nc2c(c(NCC(=O)NC(C)(C)C)n1)CCCC2. The van der Waals surface area contributed by atoms with E-state index in [1.54, 1.807) is 0 Å². The minimum Gasteiger partial charge on any atom is -0.361 e. The summed E-state index contributed by atoms with van der Waals surface area (Å²) in [6.07, 6.45) is 4.37. The van der Waals surface area contributed by atoms with Gasteiger partial charge in [-0.3, -0.25) is 4.79 Å². The Balaban J connectivity index is 2.06. The van der Waals surface area contributed by atoms with E-state index in [1.807, 2.05) is 27.7 Å². The van der Waals surface area contributed by atoms with Crippen LogP contribution in [0.1, 0.15) is 50.7 Å². The maximum absolute atomic E-state index is 11.9. The molecule has 110 valence electrons. The van der Waals surface area contributed by atoms with E-state index in [-0.39, 0.29) is 18.0 Å². The molecule has 5 heteroatoms. The lowest BCUT2D eigenvalue weighted by Crippen LogP contribution is -2.43. The highest BCUT2D eigenvalue weighted by Gasteiger charge is 2.18. The first-order valence-corrected chi connectivity index (χ1v) is 7.26. The second-order valence-electron chi connectivity index (χ2n) is 6.40. The molecule has 1 aromatic rings. The fourth-order valence-corrected chi connectivity index (χ4v) is 2.49. The first-order valence-electron chi connectivity index (χ1n) is 7.26. The van der Waals surface area contributed by atoms with Crippen molar-refractivity contribution in [3.8, 4) is 0 Å². The number of fused-ring (bicyclic) bond motifs is 1. The number of aryl methyl sites for hydroxylation is 2. The van der Waals surface area contributed by atoms with Crippen molar-refractivity contribution < 1.29 is 4.79 Å². The van der Waals surface area contributed by atoms with E-state index in [0.29, 0.717) is 0 Å². The highest BCUT2D eigenvalue weighted by atomic mass is 16.2. The summed E-state index contributed by atoms with van der Waals surface area (Å²) in [5.74, 6) is 1.58. The molecular formula is C15H24N4O. The van der Waals surface area contributed by atoms with Crippen molar-refractivity contribution in [2.45, 2.75) is 58.9 Å². The molecule has 1 aliphatic rings. The molecule has 2 N–H and O–H groups in total. The van der Waals surface area contributed by atoms with Crippen molar-refractivity contribution in [1.82, 2.24) is 15.3 Å². The molecule has 0 atom stereocenters. The Hall–Kier alpha value is -1.65. The van der Waals surface area contributed by atoms with Gasteiger partial charge >= 0.3 is 0 Å². The Morgan fingerprint density at radius 2 is 1.90 bits per heavy atom. The van der Waals surface area contributed by atoms with Crippen LogP contribution >= 0.6 is 0 Å². The van der Waals surface area contributed by atoms with E-state index in [4.69, 9.17) is 0 Å². The van der Waals surface area contributed by atoms with Crippen LogP contribution in [0.5, 0.6) is 0 Å². The highest BCUT2D eigenvalue weighted by Crippen LogP contribution is 2.25. The number of aromatic nitrogens is 2. The first-order chi connectivity index (χ1) is 9.35. The zero-order valence-corrected chi connectivity index (χ0v) is 12.8. The summed E-state index contributed by atoms with van der Waals surface area (Å²) in [6, 6.07) is 0. The van der Waals surface area contributed by atoms with Gasteiger partial charge in [0.15, 0.2) is 0 Å². The summed E-state index contributed by atoms with van der Waals surface area (Å²) in [5, 5.41) is 6.11. The van der Waals surface area contributed by atoms with E-state index in [1.165, 1.54) is 18.4 Å². The molecule has 0 saturated carbocycles. The second-order valence-corrected chi connectivity index (χ2v) is 6.40. The van der Waals surface area contributed by atoms with Gasteiger partial charge in [0.2, 0.25) is 5.91 Å². The van der Waals surface area contributed by atoms with E-state index < -0.39 is 0 Å². The van der Waals surface area contributed by atoms with Gasteiger partial charge in [-0.15, -0.1) is 0 Å². The Kier molecular flexibility index (Phi) is 4.26. The molecule has 5 nitrogen and oxygen atoms in total. The van der Waals surface area contributed by atoms with Crippen LogP contribution in [-0.2, 0) is 17.6 Å². The lowest BCUT2D eigenvalue weighted by molar-refractivity contribution is -0.120. The van der Waals surface area contributed by atoms with E-state index >= 15 is 0 Å². The Labute approximate surface area is 120 Å². The van der Waals surface area contributed by atoms with Crippen LogP contribution < -0.4 is 10.6 Å². The number of amides is 1. The van der Waals surface area contributed by atoms with Crippen molar-refractivity contribution in [1.29, 1.82) is 0 Å². The average molecular weight is 276 g/mol. The third-order valence-corrected chi connectivity index (χ3v) is 3.23. The number of nitrogens with one attached hydrogen (secondary N) is 2. The van der Waals surface area contributed by atoms with Crippen molar-refractivity contribution in [2.24, 2.45) is 0 Å². The number of hydrogen-bond acceptors (Lipinski definition) is 4. The normalized spacial score (nSPS) is 14.6. The molecule has 0 unspecified atom stereocenters. The molecular weight excluding hydrogens is 252 g/mol. The lowest BCUT2D eigenvalue weighted by Gasteiger charge is -2.22. The van der Waals surface area contributed by atoms with Crippen LogP contribution in [0.15, 0.2) is 0 Å². The van der Waals surface area contributed by atoms with Crippen LogP contribution in [0.4, 0.5) is 5.82 Å². The molecule has 0 fully saturated rings. The molecule has 0 saturated heterocycles. The number of nitrogens with zero attached hydrogens (tertiary/aromatic N) is 2. The molecule has 0 radical (unpaired) electrons. The van der Waals surface area contributed by atoms with Crippen LogP contribution in [-0.4, -0.2) is 28.0 Å². The number of carbonyl (C=O) groups excluding carboxylic acids is 1. The monoisotopic (exact) mass is 276 g/mol. The number of anilines is 1. The minimum absolute atomic E-state index is 0.0154. The second kappa shape index (κ2) is 5.77. The van der Waals surface area contributed by atoms with Crippen LogP contribution in [0.3, 0.4) is 0 Å². The minimum atomic E-state index is -0.209. The Morgan fingerprint density at radius 1 is 1.20 bits per heavy atom. The number of carbonyl (C=O) groups is 1. The predicted octanol–water partition coefficient (Wildman–Crippen LogP) is 1.99. The van der Waals surface area contributed by atoms with E-state index in [0.717, 1.165) is 30.2 Å². The molecule has 1 aliphatic carbocycles.